The van der Waals surface area contributed by atoms with E-state index in [2.05, 4.69) is 0 Å². The number of carboxylic acids is 1. The van der Waals surface area contributed by atoms with Crippen molar-refractivity contribution in [3.05, 3.63) is 45.4 Å². The van der Waals surface area contributed by atoms with Crippen molar-refractivity contribution in [1.29, 1.82) is 0 Å². The fraction of sp³-hybridized carbons (Fsp3) is 0. The van der Waals surface area contributed by atoms with Gasteiger partial charge in [-0.25, -0.2) is 9.18 Å². The minimum absolute atomic E-state index is 0.0350. The molecule has 0 amide bonds. The Hall–Kier alpha value is -1.59. The summed E-state index contributed by atoms with van der Waals surface area (Å²) in [6.45, 7) is 0. The molecule has 3 nitrogen and oxygen atoms in total. The van der Waals surface area contributed by atoms with Crippen molar-refractivity contribution in [3.8, 4) is 11.5 Å². The highest BCUT2D eigenvalue weighted by Crippen LogP contribution is 2.31. The van der Waals surface area contributed by atoms with Gasteiger partial charge in [0, 0.05) is 11.4 Å². The lowest BCUT2D eigenvalue weighted by Gasteiger charge is -2.04. The third kappa shape index (κ3) is 2.57. The molecule has 88 valence electrons. The molecule has 0 aliphatic rings. The maximum absolute atomic E-state index is 13.5. The van der Waals surface area contributed by atoms with Crippen LogP contribution in [-0.4, -0.2) is 11.1 Å². The van der Waals surface area contributed by atoms with Gasteiger partial charge in [0.1, 0.15) is 10.6 Å². The van der Waals surface area contributed by atoms with Gasteiger partial charge in [0.25, 0.3) is 0 Å². The van der Waals surface area contributed by atoms with Gasteiger partial charge in [-0.15, -0.1) is 11.3 Å². The summed E-state index contributed by atoms with van der Waals surface area (Å²) in [7, 11) is 0. The topological polar surface area (TPSA) is 46.5 Å². The standard InChI is InChI=1S/C11H6ClFO3S/c12-7-2-1-3-8(10(7)13)16-6-4-9(11(14)15)17-5-6/h1-5H,(H,14,15). The summed E-state index contributed by atoms with van der Waals surface area (Å²) in [6.07, 6.45) is 0. The van der Waals surface area contributed by atoms with Crippen molar-refractivity contribution >= 4 is 28.9 Å². The number of rotatable bonds is 3. The van der Waals surface area contributed by atoms with E-state index < -0.39 is 11.8 Å². The molecule has 0 bridgehead atoms. The number of ether oxygens (including phenoxy) is 1. The number of aromatic carboxylic acids is 1. The third-order valence-electron chi connectivity index (χ3n) is 1.93. The number of carbonyl (C=O) groups is 1. The number of hydrogen-bond donors (Lipinski definition) is 1. The van der Waals surface area contributed by atoms with E-state index in [-0.39, 0.29) is 21.4 Å². The van der Waals surface area contributed by atoms with Gasteiger partial charge in [-0.1, -0.05) is 17.7 Å². The zero-order valence-electron chi connectivity index (χ0n) is 8.31. The van der Waals surface area contributed by atoms with Crippen LogP contribution in [0.5, 0.6) is 11.5 Å². The van der Waals surface area contributed by atoms with Gasteiger partial charge >= 0.3 is 5.97 Å². The van der Waals surface area contributed by atoms with Crippen molar-refractivity contribution in [2.75, 3.05) is 0 Å². The monoisotopic (exact) mass is 272 g/mol. The van der Waals surface area contributed by atoms with E-state index >= 15 is 0 Å². The van der Waals surface area contributed by atoms with E-state index in [1.54, 1.807) is 6.07 Å². The Labute approximate surface area is 105 Å². The minimum atomic E-state index is -1.04. The van der Waals surface area contributed by atoms with Gasteiger partial charge in [0.15, 0.2) is 11.6 Å². The van der Waals surface area contributed by atoms with Gasteiger partial charge in [-0.3, -0.25) is 0 Å². The van der Waals surface area contributed by atoms with Gasteiger partial charge in [-0.2, -0.15) is 0 Å². The molecule has 0 radical (unpaired) electrons. The highest BCUT2D eigenvalue weighted by atomic mass is 35.5. The number of halogens is 2. The molecule has 0 saturated carbocycles. The Morgan fingerprint density at radius 1 is 1.47 bits per heavy atom. The quantitative estimate of drug-likeness (QED) is 0.917. The minimum Gasteiger partial charge on any atom is -0.477 e. The maximum atomic E-state index is 13.5. The first-order valence-electron chi connectivity index (χ1n) is 4.51. The summed E-state index contributed by atoms with van der Waals surface area (Å²) in [5.74, 6) is -1.48. The van der Waals surface area contributed by atoms with Crippen molar-refractivity contribution in [2.45, 2.75) is 0 Å². The molecule has 1 aromatic carbocycles. The van der Waals surface area contributed by atoms with E-state index in [1.807, 2.05) is 0 Å². The molecule has 0 atom stereocenters. The fourth-order valence-corrected chi connectivity index (χ4v) is 1.98. The van der Waals surface area contributed by atoms with Gasteiger partial charge < -0.3 is 9.84 Å². The largest absolute Gasteiger partial charge is 0.477 e. The van der Waals surface area contributed by atoms with Crippen LogP contribution in [0.1, 0.15) is 9.67 Å². The van der Waals surface area contributed by atoms with Crippen molar-refractivity contribution in [1.82, 2.24) is 0 Å². The first-order chi connectivity index (χ1) is 8.08. The normalized spacial score (nSPS) is 10.2. The summed E-state index contributed by atoms with van der Waals surface area (Å²) < 4.78 is 18.7. The SMILES string of the molecule is O=C(O)c1cc(Oc2cccc(Cl)c2F)cs1. The molecule has 1 aromatic heterocycles. The van der Waals surface area contributed by atoms with E-state index in [0.29, 0.717) is 0 Å². The molecule has 0 aliphatic carbocycles. The smallest absolute Gasteiger partial charge is 0.346 e. The molecule has 0 saturated heterocycles. The van der Waals surface area contributed by atoms with Crippen LogP contribution in [0.4, 0.5) is 4.39 Å². The maximum Gasteiger partial charge on any atom is 0.346 e. The van der Waals surface area contributed by atoms with Crippen molar-refractivity contribution < 1.29 is 19.0 Å². The molecule has 17 heavy (non-hydrogen) atoms. The average Bonchev–Trinajstić information content (AvgIpc) is 2.73. The summed E-state index contributed by atoms with van der Waals surface area (Å²) in [4.78, 5) is 10.8. The Kier molecular flexibility index (Phi) is 3.31. The summed E-state index contributed by atoms with van der Waals surface area (Å²) in [5, 5.41) is 10.2. The zero-order valence-corrected chi connectivity index (χ0v) is 9.89. The first-order valence-corrected chi connectivity index (χ1v) is 5.77. The van der Waals surface area contributed by atoms with Gasteiger partial charge in [-0.05, 0) is 12.1 Å². The zero-order chi connectivity index (χ0) is 12.4. The second kappa shape index (κ2) is 4.73. The molecule has 0 spiro atoms. The third-order valence-corrected chi connectivity index (χ3v) is 3.12. The summed E-state index contributed by atoms with van der Waals surface area (Å²) in [5.41, 5.74) is 0. The molecular weight excluding hydrogens is 267 g/mol. The highest BCUT2D eigenvalue weighted by Gasteiger charge is 2.11. The molecule has 0 fully saturated rings. The van der Waals surface area contributed by atoms with E-state index in [0.717, 1.165) is 11.3 Å². The molecule has 0 unspecified atom stereocenters. The Bertz CT molecular complexity index is 568. The second-order valence-corrected chi connectivity index (χ2v) is 4.42. The molecule has 2 rings (SSSR count). The number of benzene rings is 1. The number of carboxylic acid groups (broad SMARTS) is 1. The van der Waals surface area contributed by atoms with Crippen LogP contribution in [0.25, 0.3) is 0 Å². The highest BCUT2D eigenvalue weighted by molar-refractivity contribution is 7.12. The van der Waals surface area contributed by atoms with Crippen molar-refractivity contribution in [2.24, 2.45) is 0 Å². The van der Waals surface area contributed by atoms with Crippen LogP contribution in [0.15, 0.2) is 29.6 Å². The lowest BCUT2D eigenvalue weighted by molar-refractivity contribution is 0.0702. The first kappa shape index (κ1) is 11.9. The van der Waals surface area contributed by atoms with Crippen LogP contribution in [0.2, 0.25) is 5.02 Å². The second-order valence-electron chi connectivity index (χ2n) is 3.11. The molecular formula is C11H6ClFO3S. The van der Waals surface area contributed by atoms with E-state index in [4.69, 9.17) is 21.4 Å². The summed E-state index contributed by atoms with van der Waals surface area (Å²) >= 11 is 6.60. The molecule has 1 heterocycles. The van der Waals surface area contributed by atoms with Crippen LogP contribution in [-0.2, 0) is 0 Å². The summed E-state index contributed by atoms with van der Waals surface area (Å²) in [6, 6.07) is 5.69. The Morgan fingerprint density at radius 2 is 2.24 bits per heavy atom. The lowest BCUT2D eigenvalue weighted by atomic mass is 10.3. The van der Waals surface area contributed by atoms with Gasteiger partial charge in [0.2, 0.25) is 0 Å². The number of hydrogen-bond acceptors (Lipinski definition) is 3. The predicted molar refractivity (Wildman–Crippen MR) is 62.8 cm³/mol. The van der Waals surface area contributed by atoms with Crippen LogP contribution in [0, 0.1) is 5.82 Å². The van der Waals surface area contributed by atoms with Crippen LogP contribution < -0.4 is 4.74 Å². The number of thiophene rings is 1. The molecule has 0 aliphatic heterocycles. The van der Waals surface area contributed by atoms with Crippen LogP contribution >= 0.6 is 22.9 Å². The molecule has 1 N–H and O–H groups in total. The van der Waals surface area contributed by atoms with Gasteiger partial charge in [0.05, 0.1) is 5.02 Å². The van der Waals surface area contributed by atoms with Crippen molar-refractivity contribution in [3.63, 3.8) is 0 Å². The molecule has 2 aromatic rings. The Balaban J connectivity index is 2.25. The van der Waals surface area contributed by atoms with E-state index in [9.17, 15) is 9.18 Å². The average molecular weight is 273 g/mol. The Morgan fingerprint density at radius 3 is 2.88 bits per heavy atom. The fourth-order valence-electron chi connectivity index (χ4n) is 1.17. The van der Waals surface area contributed by atoms with E-state index in [1.165, 1.54) is 23.6 Å². The predicted octanol–water partition coefficient (Wildman–Crippen LogP) is 4.03. The van der Waals surface area contributed by atoms with Crippen LogP contribution in [0.3, 0.4) is 0 Å². The molecule has 6 heteroatoms. The lowest BCUT2D eigenvalue weighted by Crippen LogP contribution is -1.91.